The molecule has 0 saturated heterocycles. The van der Waals surface area contributed by atoms with Crippen LogP contribution in [0.3, 0.4) is 0 Å². The summed E-state index contributed by atoms with van der Waals surface area (Å²) in [5, 5.41) is 9.36. The summed E-state index contributed by atoms with van der Waals surface area (Å²) in [5.74, 6) is 1.44. The largest absolute Gasteiger partial charge is 0.497 e. The van der Waals surface area contributed by atoms with Crippen molar-refractivity contribution in [2.45, 2.75) is 19.9 Å². The van der Waals surface area contributed by atoms with Crippen LogP contribution < -0.4 is 15.2 Å². The van der Waals surface area contributed by atoms with E-state index in [0.29, 0.717) is 5.75 Å². The highest BCUT2D eigenvalue weighted by Crippen LogP contribution is 2.37. The van der Waals surface area contributed by atoms with Gasteiger partial charge < -0.3 is 20.3 Å². The smallest absolute Gasteiger partial charge is 0.123 e. The minimum Gasteiger partial charge on any atom is -0.497 e. The Bertz CT molecular complexity index is 382. The standard InChI is InChI=1S/C13H21NO3.ClH/c1-13(2,8-15)12(14)10-7-9(16-3)5-6-11(10)17-4;/h5-7,12,15H,8,14H2,1-4H3;1H/t12-;/m1./s1. The zero-order valence-electron chi connectivity index (χ0n) is 11.3. The van der Waals surface area contributed by atoms with Gasteiger partial charge in [-0.2, -0.15) is 0 Å². The number of hydrogen-bond donors (Lipinski definition) is 2. The number of aliphatic hydroxyl groups is 1. The van der Waals surface area contributed by atoms with E-state index in [9.17, 15) is 5.11 Å². The molecule has 0 fully saturated rings. The minimum atomic E-state index is -0.417. The van der Waals surface area contributed by atoms with Gasteiger partial charge in [0.25, 0.3) is 0 Å². The van der Waals surface area contributed by atoms with E-state index in [2.05, 4.69) is 0 Å². The van der Waals surface area contributed by atoms with Gasteiger partial charge in [0.1, 0.15) is 11.5 Å². The fraction of sp³-hybridized carbons (Fsp3) is 0.538. The lowest BCUT2D eigenvalue weighted by atomic mass is 9.81. The van der Waals surface area contributed by atoms with Crippen LogP contribution in [0.4, 0.5) is 0 Å². The van der Waals surface area contributed by atoms with Crippen molar-refractivity contribution in [2.24, 2.45) is 11.1 Å². The predicted molar refractivity (Wildman–Crippen MR) is 74.6 cm³/mol. The number of nitrogens with two attached hydrogens (primary N) is 1. The van der Waals surface area contributed by atoms with E-state index >= 15 is 0 Å². The predicted octanol–water partition coefficient (Wildman–Crippen LogP) is 2.14. The number of hydrogen-bond acceptors (Lipinski definition) is 4. The summed E-state index contributed by atoms with van der Waals surface area (Å²) >= 11 is 0. The highest BCUT2D eigenvalue weighted by Gasteiger charge is 2.29. The average Bonchev–Trinajstić information content (AvgIpc) is 2.36. The molecular formula is C13H22ClNO3. The molecule has 3 N–H and O–H groups in total. The molecule has 4 nitrogen and oxygen atoms in total. The molecule has 0 unspecified atom stereocenters. The summed E-state index contributed by atoms with van der Waals surface area (Å²) in [7, 11) is 3.21. The van der Waals surface area contributed by atoms with Crippen LogP contribution in [-0.2, 0) is 0 Å². The fourth-order valence-electron chi connectivity index (χ4n) is 1.60. The third-order valence-electron chi connectivity index (χ3n) is 3.02. The third kappa shape index (κ3) is 3.51. The maximum Gasteiger partial charge on any atom is 0.123 e. The van der Waals surface area contributed by atoms with Crippen LogP contribution in [0.1, 0.15) is 25.5 Å². The molecule has 1 aromatic carbocycles. The molecule has 0 heterocycles. The first kappa shape index (κ1) is 17.0. The number of rotatable bonds is 5. The van der Waals surface area contributed by atoms with E-state index < -0.39 is 5.41 Å². The molecule has 0 spiro atoms. The van der Waals surface area contributed by atoms with Crippen LogP contribution in [0.25, 0.3) is 0 Å². The SMILES string of the molecule is COc1ccc(OC)c([C@@H](N)C(C)(C)CO)c1.Cl. The fourth-order valence-corrected chi connectivity index (χ4v) is 1.60. The lowest BCUT2D eigenvalue weighted by Gasteiger charge is -2.30. The molecule has 0 saturated carbocycles. The molecule has 0 radical (unpaired) electrons. The Morgan fingerprint density at radius 1 is 1.28 bits per heavy atom. The first-order chi connectivity index (χ1) is 7.96. The second-order valence-corrected chi connectivity index (χ2v) is 4.73. The van der Waals surface area contributed by atoms with Crippen molar-refractivity contribution in [3.05, 3.63) is 23.8 Å². The summed E-state index contributed by atoms with van der Waals surface area (Å²) in [6.07, 6.45) is 0. The molecule has 5 heteroatoms. The van der Waals surface area contributed by atoms with Crippen LogP contribution in [0.15, 0.2) is 18.2 Å². The van der Waals surface area contributed by atoms with E-state index in [4.69, 9.17) is 15.2 Å². The van der Waals surface area contributed by atoms with Crippen molar-refractivity contribution in [1.82, 2.24) is 0 Å². The van der Waals surface area contributed by atoms with E-state index in [1.807, 2.05) is 32.0 Å². The number of benzene rings is 1. The summed E-state index contributed by atoms with van der Waals surface area (Å²) < 4.78 is 10.5. The molecule has 0 bridgehead atoms. The van der Waals surface area contributed by atoms with Crippen LogP contribution in [-0.4, -0.2) is 25.9 Å². The Morgan fingerprint density at radius 3 is 2.33 bits per heavy atom. The second kappa shape index (κ2) is 6.83. The summed E-state index contributed by atoms with van der Waals surface area (Å²) in [4.78, 5) is 0. The van der Waals surface area contributed by atoms with Crippen LogP contribution in [0.2, 0.25) is 0 Å². The molecule has 1 atom stereocenters. The summed E-state index contributed by atoms with van der Waals surface area (Å²) in [6, 6.07) is 5.17. The van der Waals surface area contributed by atoms with Crippen molar-refractivity contribution in [3.8, 4) is 11.5 Å². The highest BCUT2D eigenvalue weighted by atomic mass is 35.5. The molecule has 1 aromatic rings. The topological polar surface area (TPSA) is 64.7 Å². The molecule has 0 aromatic heterocycles. The molecular weight excluding hydrogens is 254 g/mol. The molecule has 0 aliphatic rings. The second-order valence-electron chi connectivity index (χ2n) is 4.73. The van der Waals surface area contributed by atoms with Gasteiger partial charge in [0.15, 0.2) is 0 Å². The third-order valence-corrected chi connectivity index (χ3v) is 3.02. The van der Waals surface area contributed by atoms with E-state index in [1.165, 1.54) is 0 Å². The van der Waals surface area contributed by atoms with Gasteiger partial charge in [-0.15, -0.1) is 12.4 Å². The van der Waals surface area contributed by atoms with Gasteiger partial charge in [-0.05, 0) is 18.2 Å². The van der Waals surface area contributed by atoms with Gasteiger partial charge in [0.05, 0.1) is 14.2 Å². The average molecular weight is 276 g/mol. The van der Waals surface area contributed by atoms with Crippen molar-refractivity contribution in [1.29, 1.82) is 0 Å². The van der Waals surface area contributed by atoms with Gasteiger partial charge in [-0.25, -0.2) is 0 Å². The Labute approximate surface area is 115 Å². The Morgan fingerprint density at radius 2 is 1.89 bits per heavy atom. The lowest BCUT2D eigenvalue weighted by molar-refractivity contribution is 0.131. The number of methoxy groups -OCH3 is 2. The zero-order chi connectivity index (χ0) is 13.1. The summed E-state index contributed by atoms with van der Waals surface area (Å²) in [5.41, 5.74) is 6.61. The maximum absolute atomic E-state index is 9.36. The number of halogens is 1. The van der Waals surface area contributed by atoms with E-state index in [-0.39, 0.29) is 25.1 Å². The first-order valence-electron chi connectivity index (χ1n) is 5.54. The number of ether oxygens (including phenoxy) is 2. The Hall–Kier alpha value is -0.970. The van der Waals surface area contributed by atoms with Crippen LogP contribution in [0.5, 0.6) is 11.5 Å². The van der Waals surface area contributed by atoms with Gasteiger partial charge in [0.2, 0.25) is 0 Å². The van der Waals surface area contributed by atoms with Gasteiger partial charge in [-0.1, -0.05) is 13.8 Å². The minimum absolute atomic E-state index is 0. The van der Waals surface area contributed by atoms with Crippen molar-refractivity contribution >= 4 is 12.4 Å². The number of aliphatic hydroxyl groups excluding tert-OH is 1. The van der Waals surface area contributed by atoms with Crippen LogP contribution in [0, 0.1) is 5.41 Å². The molecule has 0 aliphatic carbocycles. The maximum atomic E-state index is 9.36. The Balaban J connectivity index is 0.00000289. The Kier molecular flexibility index (Phi) is 6.46. The monoisotopic (exact) mass is 275 g/mol. The van der Waals surface area contributed by atoms with Crippen molar-refractivity contribution < 1.29 is 14.6 Å². The quantitative estimate of drug-likeness (QED) is 0.864. The zero-order valence-corrected chi connectivity index (χ0v) is 12.1. The van der Waals surface area contributed by atoms with Crippen LogP contribution >= 0.6 is 12.4 Å². The molecule has 1 rings (SSSR count). The van der Waals surface area contributed by atoms with Crippen molar-refractivity contribution in [2.75, 3.05) is 20.8 Å². The highest BCUT2D eigenvalue weighted by molar-refractivity contribution is 5.85. The molecule has 0 amide bonds. The van der Waals surface area contributed by atoms with Crippen molar-refractivity contribution in [3.63, 3.8) is 0 Å². The van der Waals surface area contributed by atoms with E-state index in [0.717, 1.165) is 11.3 Å². The van der Waals surface area contributed by atoms with E-state index in [1.54, 1.807) is 14.2 Å². The molecule has 18 heavy (non-hydrogen) atoms. The molecule has 0 aliphatic heterocycles. The molecule has 104 valence electrons. The normalized spacial score (nSPS) is 12.6. The first-order valence-corrected chi connectivity index (χ1v) is 5.54. The lowest BCUT2D eigenvalue weighted by Crippen LogP contribution is -2.32. The summed E-state index contributed by atoms with van der Waals surface area (Å²) in [6.45, 7) is 3.84. The van der Waals surface area contributed by atoms with Gasteiger partial charge in [0, 0.05) is 23.6 Å². The van der Waals surface area contributed by atoms with Gasteiger partial charge >= 0.3 is 0 Å². The van der Waals surface area contributed by atoms with Gasteiger partial charge in [-0.3, -0.25) is 0 Å².